The maximum absolute atomic E-state index is 12.7. The minimum atomic E-state index is -4.56. The number of aromatic nitrogens is 1. The molecule has 0 spiro atoms. The second-order valence-corrected chi connectivity index (χ2v) is 4.01. The van der Waals surface area contributed by atoms with E-state index in [2.05, 4.69) is 4.98 Å². The number of pyridine rings is 1. The smallest absolute Gasteiger partial charge is 0.437 e. The fourth-order valence-corrected chi connectivity index (χ4v) is 1.73. The van der Waals surface area contributed by atoms with Crippen LogP contribution in [-0.4, -0.2) is 18.4 Å². The Morgan fingerprint density at radius 2 is 1.80 bits per heavy atom. The number of halogens is 3. The predicted octanol–water partition coefficient (Wildman–Crippen LogP) is 3.59. The van der Waals surface area contributed by atoms with Crippen LogP contribution in [0, 0.1) is 0 Å². The largest absolute Gasteiger partial charge is 0.494 e. The highest BCUT2D eigenvalue weighted by Crippen LogP contribution is 2.36. The fraction of sp³-hybridized carbons (Fsp3) is 0.143. The second kappa shape index (κ2) is 5.32. The van der Waals surface area contributed by atoms with Crippen LogP contribution >= 0.6 is 0 Å². The van der Waals surface area contributed by atoms with Gasteiger partial charge in [0.05, 0.1) is 7.11 Å². The van der Waals surface area contributed by atoms with Crippen LogP contribution < -0.4 is 4.74 Å². The van der Waals surface area contributed by atoms with Gasteiger partial charge in [-0.3, -0.25) is 4.79 Å². The first-order valence-corrected chi connectivity index (χ1v) is 5.62. The quantitative estimate of drug-likeness (QED) is 0.807. The molecule has 1 aromatic carbocycles. The molecule has 0 unspecified atom stereocenters. The van der Waals surface area contributed by atoms with E-state index in [0.29, 0.717) is 23.0 Å². The lowest BCUT2D eigenvalue weighted by molar-refractivity contribution is -0.142. The maximum Gasteiger partial charge on any atom is 0.437 e. The monoisotopic (exact) mass is 281 g/mol. The zero-order valence-electron chi connectivity index (χ0n) is 10.4. The lowest BCUT2D eigenvalue weighted by Crippen LogP contribution is -2.10. The summed E-state index contributed by atoms with van der Waals surface area (Å²) in [5.41, 5.74) is 0.552. The lowest BCUT2D eigenvalue weighted by Gasteiger charge is -2.12. The van der Waals surface area contributed by atoms with E-state index in [1.807, 2.05) is 0 Å². The molecule has 0 atom stereocenters. The van der Waals surface area contributed by atoms with Gasteiger partial charge >= 0.3 is 6.18 Å². The van der Waals surface area contributed by atoms with Crippen LogP contribution in [0.15, 0.2) is 36.5 Å². The van der Waals surface area contributed by atoms with E-state index in [1.165, 1.54) is 6.07 Å². The molecule has 2 rings (SSSR count). The zero-order valence-corrected chi connectivity index (χ0v) is 10.4. The third-order valence-corrected chi connectivity index (χ3v) is 2.72. The molecule has 3 nitrogen and oxygen atoms in total. The molecule has 0 saturated carbocycles. The zero-order chi connectivity index (χ0) is 14.8. The van der Waals surface area contributed by atoms with Crippen LogP contribution in [0.3, 0.4) is 0 Å². The number of methoxy groups -OCH3 is 1. The summed E-state index contributed by atoms with van der Waals surface area (Å²) in [5, 5.41) is 0. The van der Waals surface area contributed by atoms with Gasteiger partial charge in [-0.2, -0.15) is 13.2 Å². The van der Waals surface area contributed by atoms with Crippen molar-refractivity contribution in [3.05, 3.63) is 47.8 Å². The summed E-state index contributed by atoms with van der Waals surface area (Å²) in [6.45, 7) is 0. The minimum Gasteiger partial charge on any atom is -0.494 e. The highest BCUT2D eigenvalue weighted by atomic mass is 19.4. The molecule has 0 aliphatic carbocycles. The molecular weight excluding hydrogens is 271 g/mol. The van der Waals surface area contributed by atoms with E-state index in [1.54, 1.807) is 24.3 Å². The summed E-state index contributed by atoms with van der Waals surface area (Å²) >= 11 is 0. The van der Waals surface area contributed by atoms with Crippen molar-refractivity contribution < 1.29 is 22.7 Å². The van der Waals surface area contributed by atoms with Crippen LogP contribution in [0.5, 0.6) is 5.75 Å². The Morgan fingerprint density at radius 3 is 2.30 bits per heavy atom. The van der Waals surface area contributed by atoms with Gasteiger partial charge in [0.2, 0.25) is 0 Å². The molecule has 6 heteroatoms. The molecule has 2 aromatic rings. The molecule has 1 aromatic heterocycles. The molecule has 20 heavy (non-hydrogen) atoms. The molecule has 0 saturated heterocycles. The standard InChI is InChI=1S/C14H10F3NO2/c1-20-12-6-11(7-18-13(12)14(15,16)17)10-4-2-9(8-19)3-5-10/h2-8H,1H3. The fourth-order valence-electron chi connectivity index (χ4n) is 1.73. The molecule has 1 heterocycles. The first kappa shape index (κ1) is 14.0. The molecule has 104 valence electrons. The van der Waals surface area contributed by atoms with Gasteiger partial charge in [-0.25, -0.2) is 4.98 Å². The molecule has 0 fully saturated rings. The molecule has 0 N–H and O–H groups in total. The first-order valence-electron chi connectivity index (χ1n) is 5.62. The third kappa shape index (κ3) is 2.79. The van der Waals surface area contributed by atoms with Gasteiger partial charge in [-0.15, -0.1) is 0 Å². The third-order valence-electron chi connectivity index (χ3n) is 2.72. The van der Waals surface area contributed by atoms with Crippen molar-refractivity contribution >= 4 is 6.29 Å². The number of hydrogen-bond donors (Lipinski definition) is 0. The summed E-state index contributed by atoms with van der Waals surface area (Å²) in [6, 6.07) is 7.69. The highest BCUT2D eigenvalue weighted by Gasteiger charge is 2.36. The van der Waals surface area contributed by atoms with E-state index in [0.717, 1.165) is 13.3 Å². The number of nitrogens with zero attached hydrogens (tertiary/aromatic N) is 1. The van der Waals surface area contributed by atoms with Gasteiger partial charge in [-0.1, -0.05) is 24.3 Å². The van der Waals surface area contributed by atoms with Crippen molar-refractivity contribution in [2.75, 3.05) is 7.11 Å². The Labute approximate surface area is 113 Å². The van der Waals surface area contributed by atoms with Crippen molar-refractivity contribution in [1.29, 1.82) is 0 Å². The number of carbonyl (C=O) groups excluding carboxylic acids is 1. The summed E-state index contributed by atoms with van der Waals surface area (Å²) in [4.78, 5) is 14.0. The van der Waals surface area contributed by atoms with Gasteiger partial charge in [0.25, 0.3) is 0 Å². The van der Waals surface area contributed by atoms with Gasteiger partial charge < -0.3 is 4.74 Å². The second-order valence-electron chi connectivity index (χ2n) is 4.01. The SMILES string of the molecule is COc1cc(-c2ccc(C=O)cc2)cnc1C(F)(F)F. The van der Waals surface area contributed by atoms with Crippen LogP contribution in [0.25, 0.3) is 11.1 Å². The first-order chi connectivity index (χ1) is 9.45. The number of ether oxygens (including phenoxy) is 1. The highest BCUT2D eigenvalue weighted by molar-refractivity contribution is 5.77. The van der Waals surface area contributed by atoms with Crippen LogP contribution in [0.4, 0.5) is 13.2 Å². The number of carbonyl (C=O) groups is 1. The Kier molecular flexibility index (Phi) is 3.74. The molecule has 0 amide bonds. The van der Waals surface area contributed by atoms with E-state index in [4.69, 9.17) is 4.74 Å². The van der Waals surface area contributed by atoms with Crippen molar-refractivity contribution in [2.24, 2.45) is 0 Å². The molecule has 0 aliphatic heterocycles. The predicted molar refractivity (Wildman–Crippen MR) is 66.6 cm³/mol. The summed E-state index contributed by atoms with van der Waals surface area (Å²) in [6.07, 6.45) is -2.75. The van der Waals surface area contributed by atoms with Gasteiger partial charge in [0, 0.05) is 17.3 Å². The van der Waals surface area contributed by atoms with E-state index in [9.17, 15) is 18.0 Å². The van der Waals surface area contributed by atoms with E-state index < -0.39 is 11.9 Å². The Balaban J connectivity index is 2.45. The summed E-state index contributed by atoms with van der Waals surface area (Å²) in [5.74, 6) is -0.338. The number of aldehydes is 1. The Morgan fingerprint density at radius 1 is 1.15 bits per heavy atom. The molecule has 0 bridgehead atoms. The molecular formula is C14H10F3NO2. The molecule has 0 radical (unpaired) electrons. The van der Waals surface area contributed by atoms with Crippen LogP contribution in [0.2, 0.25) is 0 Å². The van der Waals surface area contributed by atoms with Gasteiger partial charge in [-0.05, 0) is 11.6 Å². The van der Waals surface area contributed by atoms with Crippen LogP contribution in [-0.2, 0) is 6.18 Å². The van der Waals surface area contributed by atoms with E-state index in [-0.39, 0.29) is 5.75 Å². The van der Waals surface area contributed by atoms with Crippen molar-refractivity contribution in [3.8, 4) is 16.9 Å². The Bertz CT molecular complexity index is 621. The average Bonchev–Trinajstić information content (AvgIpc) is 2.45. The van der Waals surface area contributed by atoms with Crippen molar-refractivity contribution in [3.63, 3.8) is 0 Å². The summed E-state index contributed by atoms with van der Waals surface area (Å²) < 4.78 is 42.8. The normalized spacial score (nSPS) is 11.2. The van der Waals surface area contributed by atoms with Gasteiger partial charge in [0.1, 0.15) is 12.0 Å². The van der Waals surface area contributed by atoms with E-state index >= 15 is 0 Å². The molecule has 0 aliphatic rings. The van der Waals surface area contributed by atoms with Crippen molar-refractivity contribution in [1.82, 2.24) is 4.98 Å². The number of alkyl halides is 3. The minimum absolute atomic E-state index is 0.338. The number of hydrogen-bond acceptors (Lipinski definition) is 3. The van der Waals surface area contributed by atoms with Crippen molar-refractivity contribution in [2.45, 2.75) is 6.18 Å². The summed E-state index contributed by atoms with van der Waals surface area (Å²) in [7, 11) is 1.16. The number of rotatable bonds is 3. The topological polar surface area (TPSA) is 39.2 Å². The van der Waals surface area contributed by atoms with Gasteiger partial charge in [0.15, 0.2) is 5.69 Å². The average molecular weight is 281 g/mol. The van der Waals surface area contributed by atoms with Crippen LogP contribution in [0.1, 0.15) is 16.1 Å². The maximum atomic E-state index is 12.7. The number of benzene rings is 1. The Hall–Kier alpha value is -2.37. The lowest BCUT2D eigenvalue weighted by atomic mass is 10.1.